The average Bonchev–Trinajstić information content (AvgIpc) is 3.25. The lowest BCUT2D eigenvalue weighted by atomic mass is 10.1. The average molecular weight is 515 g/mol. The van der Waals surface area contributed by atoms with E-state index in [2.05, 4.69) is 15.0 Å². The van der Waals surface area contributed by atoms with Crippen molar-refractivity contribution in [3.05, 3.63) is 59.4 Å². The van der Waals surface area contributed by atoms with Crippen molar-refractivity contribution in [2.75, 3.05) is 32.5 Å². The molecule has 0 aliphatic carbocycles. The molecule has 1 atom stereocenters. The molecule has 1 fully saturated rings. The van der Waals surface area contributed by atoms with Gasteiger partial charge in [0.15, 0.2) is 0 Å². The van der Waals surface area contributed by atoms with Gasteiger partial charge in [-0.05, 0) is 35.9 Å². The summed E-state index contributed by atoms with van der Waals surface area (Å²) in [5, 5.41) is 1.95. The van der Waals surface area contributed by atoms with Gasteiger partial charge >= 0.3 is 0 Å². The van der Waals surface area contributed by atoms with E-state index >= 15 is 0 Å². The topological polar surface area (TPSA) is 135 Å². The summed E-state index contributed by atoms with van der Waals surface area (Å²) < 4.78 is 33.3. The monoisotopic (exact) mass is 514 g/mol. The van der Waals surface area contributed by atoms with Crippen molar-refractivity contribution in [1.29, 1.82) is 0 Å². The molecule has 0 unspecified atom stereocenters. The Morgan fingerprint density at radius 2 is 2.03 bits per heavy atom. The molecule has 35 heavy (non-hydrogen) atoms. The van der Waals surface area contributed by atoms with Crippen LogP contribution in [0, 0.1) is 0 Å². The van der Waals surface area contributed by atoms with Gasteiger partial charge in [-0.1, -0.05) is 23.7 Å². The van der Waals surface area contributed by atoms with Crippen LogP contribution >= 0.6 is 11.6 Å². The Bertz CT molecular complexity index is 1540. The number of halogens is 1. The van der Waals surface area contributed by atoms with E-state index in [1.165, 1.54) is 17.7 Å². The molecule has 0 saturated carbocycles. The van der Waals surface area contributed by atoms with Crippen molar-refractivity contribution in [1.82, 2.24) is 24.2 Å². The number of methoxy groups -OCH3 is 1. The Kier molecular flexibility index (Phi) is 6.09. The molecule has 3 N–H and O–H groups in total. The van der Waals surface area contributed by atoms with Crippen LogP contribution in [0.3, 0.4) is 0 Å². The molecule has 1 aliphatic heterocycles. The molecular formula is C23H23ClN6O4S. The first kappa shape index (κ1) is 23.5. The highest BCUT2D eigenvalue weighted by molar-refractivity contribution is 7.89. The number of fused-ring (bicyclic) bond motifs is 2. The first-order valence-corrected chi connectivity index (χ1v) is 12.6. The number of hydrogen-bond donors (Lipinski definition) is 2. The summed E-state index contributed by atoms with van der Waals surface area (Å²) in [5.41, 5.74) is 8.03. The molecule has 0 radical (unpaired) electrons. The summed E-state index contributed by atoms with van der Waals surface area (Å²) in [6.45, 7) is 0.288. The predicted molar refractivity (Wildman–Crippen MR) is 132 cm³/mol. The highest BCUT2D eigenvalue weighted by atomic mass is 35.5. The smallest absolute Gasteiger partial charge is 0.259 e. The first-order chi connectivity index (χ1) is 16.8. The number of nitrogen functional groups attached to an aromatic ring is 1. The second-order valence-corrected chi connectivity index (χ2v) is 10.7. The van der Waals surface area contributed by atoms with Crippen LogP contribution in [-0.4, -0.2) is 71.3 Å². The van der Waals surface area contributed by atoms with Gasteiger partial charge in [0.2, 0.25) is 5.91 Å². The van der Waals surface area contributed by atoms with Gasteiger partial charge in [0.05, 0.1) is 24.7 Å². The van der Waals surface area contributed by atoms with Crippen molar-refractivity contribution in [3.8, 4) is 0 Å². The molecule has 1 aliphatic rings. The molecule has 10 nitrogen and oxygen atoms in total. The fourth-order valence-electron chi connectivity index (χ4n) is 4.35. The number of H-pyrrole nitrogens is 1. The highest BCUT2D eigenvalue weighted by Crippen LogP contribution is 2.27. The zero-order valence-electron chi connectivity index (χ0n) is 18.8. The van der Waals surface area contributed by atoms with Crippen molar-refractivity contribution in [3.63, 3.8) is 0 Å². The van der Waals surface area contributed by atoms with Gasteiger partial charge in [-0.3, -0.25) is 4.79 Å². The number of nitrogens with zero attached hydrogens (tertiary/aromatic N) is 4. The molecule has 0 bridgehead atoms. The van der Waals surface area contributed by atoms with Crippen LogP contribution in [0.2, 0.25) is 5.02 Å². The van der Waals surface area contributed by atoms with Gasteiger partial charge in [-0.25, -0.2) is 18.4 Å². The Hall–Kier alpha value is -3.25. The van der Waals surface area contributed by atoms with Crippen LogP contribution in [0.1, 0.15) is 5.56 Å². The van der Waals surface area contributed by atoms with Gasteiger partial charge in [0.25, 0.3) is 10.0 Å². The lowest BCUT2D eigenvalue weighted by Crippen LogP contribution is -2.58. The summed E-state index contributed by atoms with van der Waals surface area (Å²) in [4.78, 5) is 26.0. The lowest BCUT2D eigenvalue weighted by molar-refractivity contribution is -0.139. The van der Waals surface area contributed by atoms with E-state index < -0.39 is 16.1 Å². The molecular weight excluding hydrogens is 492 g/mol. The fraction of sp³-hybridized carbons (Fsp3) is 0.261. The summed E-state index contributed by atoms with van der Waals surface area (Å²) in [6.07, 6.45) is 1.39. The number of carbonyl (C=O) groups excluding carboxylic acids is 1. The molecule has 182 valence electrons. The lowest BCUT2D eigenvalue weighted by Gasteiger charge is -2.40. The molecule has 1 amide bonds. The third-order valence-corrected chi connectivity index (χ3v) is 8.08. The number of hydrogen-bond acceptors (Lipinski definition) is 7. The van der Waals surface area contributed by atoms with E-state index in [0.29, 0.717) is 27.3 Å². The number of nitrogens with two attached hydrogens (primary N) is 1. The number of nitrogens with one attached hydrogen (secondary N) is 1. The van der Waals surface area contributed by atoms with E-state index in [0.717, 1.165) is 10.9 Å². The number of piperazine rings is 1. The number of sulfonamides is 1. The van der Waals surface area contributed by atoms with Crippen LogP contribution in [0.5, 0.6) is 0 Å². The second kappa shape index (κ2) is 9.08. The quantitative estimate of drug-likeness (QED) is 0.403. The number of benzene rings is 2. The molecule has 2 aromatic heterocycles. The number of aromatic nitrogens is 3. The Balaban J connectivity index is 1.41. The Labute approximate surface area is 206 Å². The van der Waals surface area contributed by atoms with Gasteiger partial charge < -0.3 is 20.4 Å². The van der Waals surface area contributed by atoms with Crippen molar-refractivity contribution in [2.45, 2.75) is 17.6 Å². The zero-order valence-corrected chi connectivity index (χ0v) is 20.4. The third kappa shape index (κ3) is 4.43. The minimum absolute atomic E-state index is 0.0129. The number of aromatic amines is 1. The maximum Gasteiger partial charge on any atom is 0.259 e. The number of anilines is 1. The number of ether oxygens (including phenoxy) is 1. The maximum atomic E-state index is 13.4. The van der Waals surface area contributed by atoms with E-state index in [4.69, 9.17) is 22.1 Å². The van der Waals surface area contributed by atoms with Gasteiger partial charge in [0, 0.05) is 41.5 Å². The normalized spacial score (nSPS) is 17.5. The minimum atomic E-state index is -3.95. The first-order valence-electron chi connectivity index (χ1n) is 10.8. The molecule has 2 aromatic carbocycles. The predicted octanol–water partition coefficient (Wildman–Crippen LogP) is 2.39. The number of amides is 1. The van der Waals surface area contributed by atoms with E-state index in [1.54, 1.807) is 29.2 Å². The molecule has 4 aromatic rings. The van der Waals surface area contributed by atoms with Crippen LogP contribution in [0.15, 0.2) is 53.8 Å². The Morgan fingerprint density at radius 1 is 1.20 bits per heavy atom. The fourth-order valence-corrected chi connectivity index (χ4v) is 5.96. The summed E-state index contributed by atoms with van der Waals surface area (Å²) in [7, 11) is -2.43. The second-order valence-electron chi connectivity index (χ2n) is 8.40. The minimum Gasteiger partial charge on any atom is -0.383 e. The van der Waals surface area contributed by atoms with Crippen LogP contribution in [0.4, 0.5) is 5.82 Å². The van der Waals surface area contributed by atoms with E-state index in [1.807, 2.05) is 18.2 Å². The van der Waals surface area contributed by atoms with E-state index in [9.17, 15) is 13.2 Å². The summed E-state index contributed by atoms with van der Waals surface area (Å²) in [6, 6.07) is 11.7. The maximum absolute atomic E-state index is 13.4. The SMILES string of the molecule is COC[C@H]1CN(S(=O)(=O)c2cc3ccc(Cl)cc3[nH]2)CC(=O)N1Cc1ccc2c(N)ncnc2c1. The molecule has 1 saturated heterocycles. The van der Waals surface area contributed by atoms with Crippen molar-refractivity contribution >= 4 is 55.2 Å². The van der Waals surface area contributed by atoms with Crippen molar-refractivity contribution < 1.29 is 17.9 Å². The molecule has 3 heterocycles. The summed E-state index contributed by atoms with van der Waals surface area (Å²) in [5.74, 6) is 0.0660. The van der Waals surface area contributed by atoms with Crippen LogP contribution < -0.4 is 5.73 Å². The number of carbonyl (C=O) groups is 1. The van der Waals surface area contributed by atoms with Crippen LogP contribution in [0.25, 0.3) is 21.8 Å². The van der Waals surface area contributed by atoms with E-state index in [-0.39, 0.29) is 37.2 Å². The van der Waals surface area contributed by atoms with Crippen LogP contribution in [-0.2, 0) is 26.1 Å². The molecule has 5 rings (SSSR count). The standard InChI is InChI=1S/C23H23ClN6O4S/c1-34-12-17-10-29(35(32,33)21-7-15-3-4-16(24)8-19(15)28-21)11-22(31)30(17)9-14-2-5-18-20(6-14)26-13-27-23(18)25/h2-8,13,17,28H,9-12H2,1H3,(H2,25,26,27)/t17-/m1/s1. The molecule has 0 spiro atoms. The van der Waals surface area contributed by atoms with Crippen molar-refractivity contribution in [2.24, 2.45) is 0 Å². The largest absolute Gasteiger partial charge is 0.383 e. The molecule has 12 heteroatoms. The summed E-state index contributed by atoms with van der Waals surface area (Å²) >= 11 is 6.03. The van der Waals surface area contributed by atoms with Gasteiger partial charge in [-0.2, -0.15) is 4.31 Å². The Morgan fingerprint density at radius 3 is 2.83 bits per heavy atom. The van der Waals surface area contributed by atoms with Gasteiger partial charge in [0.1, 0.15) is 17.2 Å². The highest BCUT2D eigenvalue weighted by Gasteiger charge is 2.39. The zero-order chi connectivity index (χ0) is 24.7. The number of rotatable bonds is 6. The van der Waals surface area contributed by atoms with Gasteiger partial charge in [-0.15, -0.1) is 0 Å². The third-order valence-electron chi connectivity index (χ3n) is 6.11.